The van der Waals surface area contributed by atoms with Gasteiger partial charge in [-0.3, -0.25) is 9.59 Å². The molecule has 4 heterocycles. The van der Waals surface area contributed by atoms with Gasteiger partial charge in [-0.15, -0.1) is 0 Å². The lowest BCUT2D eigenvalue weighted by Gasteiger charge is -2.63. The number of hydrogen-bond acceptors (Lipinski definition) is 2. The molecule has 4 aliphatic heterocycles. The van der Waals surface area contributed by atoms with E-state index in [4.69, 9.17) is 0 Å². The van der Waals surface area contributed by atoms with Gasteiger partial charge >= 0.3 is 0 Å². The third-order valence-corrected chi connectivity index (χ3v) is 6.64. The summed E-state index contributed by atoms with van der Waals surface area (Å²) < 4.78 is 0. The fourth-order valence-corrected chi connectivity index (χ4v) is 4.97. The Morgan fingerprint density at radius 1 is 1.35 bits per heavy atom. The highest BCUT2D eigenvalue weighted by Gasteiger charge is 2.71. The first kappa shape index (κ1) is 12.4. The number of piperidine rings is 2. The fraction of sp³-hybridized carbons (Fsp3) is 0.750. The summed E-state index contributed by atoms with van der Waals surface area (Å²) in [6.45, 7) is 7.43. The largest absolute Gasteiger partial charge is 0.336 e. The van der Waals surface area contributed by atoms with E-state index in [0.717, 1.165) is 25.8 Å². The number of amides is 2. The van der Waals surface area contributed by atoms with E-state index in [9.17, 15) is 9.59 Å². The van der Waals surface area contributed by atoms with Crippen molar-refractivity contribution in [3.8, 4) is 0 Å². The highest BCUT2D eigenvalue weighted by atomic mass is 16.2. The summed E-state index contributed by atoms with van der Waals surface area (Å²) in [5, 5.41) is 3.10. The van der Waals surface area contributed by atoms with Crippen LogP contribution in [-0.2, 0) is 9.59 Å². The van der Waals surface area contributed by atoms with Crippen LogP contribution in [0.25, 0.3) is 0 Å². The highest BCUT2D eigenvalue weighted by Crippen LogP contribution is 2.58. The molecule has 4 heteroatoms. The van der Waals surface area contributed by atoms with Crippen molar-refractivity contribution in [1.82, 2.24) is 10.2 Å². The predicted molar refractivity (Wildman–Crippen MR) is 74.7 cm³/mol. The molecule has 0 aromatic carbocycles. The predicted octanol–water partition coefficient (Wildman–Crippen LogP) is 1.47. The first-order valence-corrected chi connectivity index (χ1v) is 7.69. The molecule has 4 nitrogen and oxygen atoms in total. The molecule has 2 amide bonds. The van der Waals surface area contributed by atoms with E-state index in [2.05, 4.69) is 32.2 Å². The van der Waals surface area contributed by atoms with E-state index >= 15 is 0 Å². The smallest absolute Gasteiger partial charge is 0.253 e. The van der Waals surface area contributed by atoms with Crippen molar-refractivity contribution in [2.45, 2.75) is 51.1 Å². The molecule has 5 aliphatic rings. The number of carbonyl (C=O) groups excluding carboxylic acids is 2. The highest BCUT2D eigenvalue weighted by molar-refractivity contribution is 6.06. The molecule has 0 saturated carbocycles. The van der Waals surface area contributed by atoms with Gasteiger partial charge in [0.1, 0.15) is 11.1 Å². The number of fused-ring (bicyclic) bond motifs is 1. The second-order valence-electron chi connectivity index (χ2n) is 7.64. The summed E-state index contributed by atoms with van der Waals surface area (Å²) in [4.78, 5) is 27.5. The van der Waals surface area contributed by atoms with E-state index in [1.807, 2.05) is 11.0 Å². The number of hydrogen-bond donors (Lipinski definition) is 1. The van der Waals surface area contributed by atoms with Crippen LogP contribution in [0.5, 0.6) is 0 Å². The van der Waals surface area contributed by atoms with Crippen LogP contribution >= 0.6 is 0 Å². The minimum Gasteiger partial charge on any atom is -0.336 e. The van der Waals surface area contributed by atoms with E-state index in [-0.39, 0.29) is 23.1 Å². The average molecular weight is 274 g/mol. The molecule has 5 rings (SSSR count). The number of carbonyl (C=O) groups is 2. The van der Waals surface area contributed by atoms with Crippen LogP contribution in [0, 0.1) is 17.3 Å². The molecule has 1 aliphatic carbocycles. The van der Waals surface area contributed by atoms with Crippen molar-refractivity contribution in [2.75, 3.05) is 6.54 Å². The van der Waals surface area contributed by atoms with E-state index in [1.165, 1.54) is 0 Å². The molecule has 20 heavy (non-hydrogen) atoms. The molecular weight excluding hydrogens is 252 g/mol. The molecule has 4 atom stereocenters. The molecule has 2 spiro atoms. The first-order valence-electron chi connectivity index (χ1n) is 7.69. The molecule has 3 unspecified atom stereocenters. The van der Waals surface area contributed by atoms with Crippen LogP contribution in [0.3, 0.4) is 0 Å². The van der Waals surface area contributed by atoms with Crippen LogP contribution in [0.4, 0.5) is 0 Å². The second-order valence-corrected chi connectivity index (χ2v) is 7.64. The quantitative estimate of drug-likeness (QED) is 0.680. The Balaban J connectivity index is 1.93. The van der Waals surface area contributed by atoms with Gasteiger partial charge < -0.3 is 10.2 Å². The van der Waals surface area contributed by atoms with Crippen LogP contribution in [0.2, 0.25) is 0 Å². The van der Waals surface area contributed by atoms with Gasteiger partial charge in [-0.2, -0.15) is 0 Å². The maximum Gasteiger partial charge on any atom is 0.253 e. The van der Waals surface area contributed by atoms with Gasteiger partial charge in [-0.05, 0) is 30.6 Å². The maximum absolute atomic E-state index is 13.0. The minimum atomic E-state index is -0.779. The van der Waals surface area contributed by atoms with Crippen molar-refractivity contribution >= 4 is 11.8 Å². The Kier molecular flexibility index (Phi) is 2.04. The SMILES string of the molecule is CC1C=C[C@]23NC(=O)C4(CCCN4C2=O)CC3C1(C)C. The topological polar surface area (TPSA) is 49.4 Å². The number of allylic oxidation sites excluding steroid dienone is 1. The molecule has 0 aromatic heterocycles. The van der Waals surface area contributed by atoms with Gasteiger partial charge in [0.15, 0.2) is 0 Å². The Hall–Kier alpha value is -1.32. The van der Waals surface area contributed by atoms with Gasteiger partial charge in [-0.25, -0.2) is 0 Å². The minimum absolute atomic E-state index is 0.0276. The van der Waals surface area contributed by atoms with Crippen molar-refractivity contribution in [2.24, 2.45) is 17.3 Å². The molecule has 4 fully saturated rings. The van der Waals surface area contributed by atoms with Crippen LogP contribution < -0.4 is 5.32 Å². The molecule has 1 N–H and O–H groups in total. The average Bonchev–Trinajstić information content (AvgIpc) is 2.82. The molecule has 2 bridgehead atoms. The second kappa shape index (κ2) is 3.29. The molecule has 0 aromatic rings. The summed E-state index contributed by atoms with van der Waals surface area (Å²) in [6, 6.07) is 0. The molecular formula is C16H22N2O2. The monoisotopic (exact) mass is 274 g/mol. The zero-order valence-electron chi connectivity index (χ0n) is 12.4. The van der Waals surface area contributed by atoms with Crippen LogP contribution in [0.1, 0.15) is 40.0 Å². The van der Waals surface area contributed by atoms with Crippen molar-refractivity contribution < 1.29 is 9.59 Å². The number of nitrogens with one attached hydrogen (secondary N) is 1. The number of rotatable bonds is 0. The van der Waals surface area contributed by atoms with E-state index in [0.29, 0.717) is 5.92 Å². The Labute approximate surface area is 119 Å². The lowest BCUT2D eigenvalue weighted by atomic mass is 9.51. The summed E-state index contributed by atoms with van der Waals surface area (Å²) in [6.07, 6.45) is 6.69. The third-order valence-electron chi connectivity index (χ3n) is 6.64. The number of piperazine rings is 1. The Bertz CT molecular complexity index is 553. The van der Waals surface area contributed by atoms with Gasteiger partial charge in [0.2, 0.25) is 5.91 Å². The number of nitrogens with zero attached hydrogens (tertiary/aromatic N) is 1. The summed E-state index contributed by atoms with van der Waals surface area (Å²) >= 11 is 0. The van der Waals surface area contributed by atoms with Crippen LogP contribution in [0.15, 0.2) is 12.2 Å². The fourth-order valence-electron chi connectivity index (χ4n) is 4.97. The zero-order chi connectivity index (χ0) is 14.3. The standard InChI is InChI=1S/C16H22N2O2/c1-10-5-7-16-11(14(10,2)3)9-15(12(19)17-16)6-4-8-18(15)13(16)20/h5,7,10-11H,4,6,8-9H2,1-3H3,(H,17,19)/t10?,11?,15?,16-/m1/s1. The van der Waals surface area contributed by atoms with Crippen molar-refractivity contribution in [3.05, 3.63) is 12.2 Å². The summed E-state index contributed by atoms with van der Waals surface area (Å²) in [5.41, 5.74) is -1.30. The van der Waals surface area contributed by atoms with Crippen LogP contribution in [-0.4, -0.2) is 34.3 Å². The first-order chi connectivity index (χ1) is 9.34. The van der Waals surface area contributed by atoms with Gasteiger partial charge in [0.05, 0.1) is 0 Å². The lowest BCUT2D eigenvalue weighted by Crippen LogP contribution is -2.83. The van der Waals surface area contributed by atoms with E-state index in [1.54, 1.807) is 0 Å². The van der Waals surface area contributed by atoms with Gasteiger partial charge in [0, 0.05) is 12.5 Å². The lowest BCUT2D eigenvalue weighted by molar-refractivity contribution is -0.178. The zero-order valence-corrected chi connectivity index (χ0v) is 12.4. The molecule has 4 saturated heterocycles. The van der Waals surface area contributed by atoms with Crippen molar-refractivity contribution in [1.29, 1.82) is 0 Å². The Morgan fingerprint density at radius 2 is 2.10 bits per heavy atom. The summed E-state index contributed by atoms with van der Waals surface area (Å²) in [7, 11) is 0. The maximum atomic E-state index is 13.0. The van der Waals surface area contributed by atoms with Crippen molar-refractivity contribution in [3.63, 3.8) is 0 Å². The molecule has 108 valence electrons. The molecule has 0 radical (unpaired) electrons. The Morgan fingerprint density at radius 3 is 2.85 bits per heavy atom. The van der Waals surface area contributed by atoms with Gasteiger partial charge in [0.25, 0.3) is 5.91 Å². The van der Waals surface area contributed by atoms with E-state index < -0.39 is 11.1 Å². The third kappa shape index (κ3) is 1.08. The summed E-state index contributed by atoms with van der Waals surface area (Å²) in [5.74, 6) is 0.825. The normalized spacial score (nSPS) is 48.0. The van der Waals surface area contributed by atoms with Gasteiger partial charge in [-0.1, -0.05) is 32.9 Å².